The molecule has 2 fully saturated rings. The normalized spacial score (nSPS) is 26.9. The summed E-state index contributed by atoms with van der Waals surface area (Å²) in [6.45, 7) is 0. The van der Waals surface area contributed by atoms with Crippen LogP contribution in [-0.2, 0) is 4.79 Å². The topological polar surface area (TPSA) is 102 Å². The monoisotopic (exact) mass is 410 g/mol. The summed E-state index contributed by atoms with van der Waals surface area (Å²) in [4.78, 5) is 23.1. The second-order valence-electron chi connectivity index (χ2n) is 7.90. The second-order valence-corrected chi connectivity index (χ2v) is 7.90. The number of nitrogens with one attached hydrogen (secondary N) is 1. The molecule has 4 N–H and O–H groups in total. The maximum Gasteiger partial charge on any atom is 0.303 e. The molecule has 0 saturated heterocycles. The molecule has 2 saturated carbocycles. The van der Waals surface area contributed by atoms with Gasteiger partial charge in [0.05, 0.1) is 0 Å². The molecular weight excluding hydrogens is 380 g/mol. The number of carboxylic acids is 1. The molecule has 0 spiro atoms. The van der Waals surface area contributed by atoms with Crippen LogP contribution < -0.4 is 15.8 Å². The number of halogens is 1. The molecule has 7 heteroatoms. The summed E-state index contributed by atoms with van der Waals surface area (Å²) < 4.78 is 5.93. The Balaban J connectivity index is 0.00000280. The molecule has 6 nitrogen and oxygen atoms in total. The van der Waals surface area contributed by atoms with Crippen LogP contribution in [0, 0.1) is 5.92 Å². The van der Waals surface area contributed by atoms with E-state index in [4.69, 9.17) is 15.6 Å². The summed E-state index contributed by atoms with van der Waals surface area (Å²) in [7, 11) is 0. The molecule has 0 heterocycles. The minimum atomic E-state index is -0.729. The summed E-state index contributed by atoms with van der Waals surface area (Å²) in [6, 6.07) is 7.53. The van der Waals surface area contributed by atoms with Crippen LogP contribution in [0.15, 0.2) is 24.3 Å². The molecule has 156 valence electrons. The van der Waals surface area contributed by atoms with E-state index in [0.717, 1.165) is 57.1 Å². The standard InChI is InChI=1S/C21H30N2O4.ClH/c22-18-2-1-3-19(18)27-17-11-7-15(8-12-17)21(26)23-16-9-4-14(5-10-16)6-13-20(24)25;/h7-8,11-12,14,16,18-19H,1-6,9-10,13,22H2,(H,23,26)(H,24,25);1H/t14?,16?,18-,19-;/m1./s1. The number of amides is 1. The molecule has 1 aromatic carbocycles. The Morgan fingerprint density at radius 3 is 2.32 bits per heavy atom. The molecule has 0 unspecified atom stereocenters. The van der Waals surface area contributed by atoms with Gasteiger partial charge in [0.1, 0.15) is 11.9 Å². The van der Waals surface area contributed by atoms with Crippen LogP contribution in [0.3, 0.4) is 0 Å². The van der Waals surface area contributed by atoms with E-state index >= 15 is 0 Å². The molecule has 3 rings (SSSR count). The minimum absolute atomic E-state index is 0. The van der Waals surface area contributed by atoms with Gasteiger partial charge in [0.15, 0.2) is 0 Å². The molecule has 0 radical (unpaired) electrons. The van der Waals surface area contributed by atoms with Gasteiger partial charge < -0.3 is 20.9 Å². The average Bonchev–Trinajstić information content (AvgIpc) is 3.06. The van der Waals surface area contributed by atoms with Crippen LogP contribution in [0.2, 0.25) is 0 Å². The summed E-state index contributed by atoms with van der Waals surface area (Å²) >= 11 is 0. The van der Waals surface area contributed by atoms with Gasteiger partial charge >= 0.3 is 5.97 Å². The van der Waals surface area contributed by atoms with Crippen molar-refractivity contribution in [1.29, 1.82) is 0 Å². The highest BCUT2D eigenvalue weighted by Gasteiger charge is 2.26. The SMILES string of the molecule is Cl.N[C@@H]1CCC[C@H]1Oc1ccc(C(=O)NC2CCC(CCC(=O)O)CC2)cc1. The van der Waals surface area contributed by atoms with E-state index in [1.165, 1.54) is 0 Å². The first-order valence-corrected chi connectivity index (χ1v) is 10.1. The summed E-state index contributed by atoms with van der Waals surface area (Å²) in [5.74, 6) is 0.432. The molecule has 1 aromatic rings. The fourth-order valence-electron chi connectivity index (χ4n) is 4.15. The third-order valence-corrected chi connectivity index (χ3v) is 5.86. The summed E-state index contributed by atoms with van der Waals surface area (Å²) in [6.07, 6.45) is 7.92. The van der Waals surface area contributed by atoms with E-state index in [-0.39, 0.29) is 42.9 Å². The van der Waals surface area contributed by atoms with Crippen molar-refractivity contribution in [3.63, 3.8) is 0 Å². The van der Waals surface area contributed by atoms with Crippen molar-refractivity contribution in [1.82, 2.24) is 5.32 Å². The van der Waals surface area contributed by atoms with Gasteiger partial charge in [-0.1, -0.05) is 0 Å². The number of nitrogens with two attached hydrogens (primary N) is 1. The van der Waals surface area contributed by atoms with Crippen LogP contribution in [0.4, 0.5) is 0 Å². The predicted octanol–water partition coefficient (Wildman–Crippen LogP) is 3.52. The first-order chi connectivity index (χ1) is 13.0. The van der Waals surface area contributed by atoms with Crippen molar-refractivity contribution >= 4 is 24.3 Å². The number of ether oxygens (including phenoxy) is 1. The predicted molar refractivity (Wildman–Crippen MR) is 110 cm³/mol. The molecule has 0 bridgehead atoms. The van der Waals surface area contributed by atoms with Crippen molar-refractivity contribution in [3.8, 4) is 5.75 Å². The Kier molecular flexibility index (Phi) is 8.58. The van der Waals surface area contributed by atoms with Gasteiger partial charge in [0.25, 0.3) is 5.91 Å². The Labute approximate surface area is 172 Å². The number of rotatable bonds is 7. The van der Waals surface area contributed by atoms with Gasteiger partial charge in [-0.2, -0.15) is 0 Å². The lowest BCUT2D eigenvalue weighted by Crippen LogP contribution is -2.37. The number of carbonyl (C=O) groups is 2. The molecule has 2 aliphatic carbocycles. The smallest absolute Gasteiger partial charge is 0.303 e. The Bertz CT molecular complexity index is 644. The Hall–Kier alpha value is -1.79. The molecule has 0 aromatic heterocycles. The van der Waals surface area contributed by atoms with Crippen LogP contribution >= 0.6 is 12.4 Å². The lowest BCUT2D eigenvalue weighted by molar-refractivity contribution is -0.137. The van der Waals surface area contributed by atoms with Gasteiger partial charge in [0, 0.05) is 24.1 Å². The molecule has 0 aliphatic heterocycles. The third kappa shape index (κ3) is 6.38. The van der Waals surface area contributed by atoms with Crippen molar-refractivity contribution < 1.29 is 19.4 Å². The number of carbonyl (C=O) groups excluding carboxylic acids is 1. The molecule has 2 aliphatic rings. The molecule has 28 heavy (non-hydrogen) atoms. The van der Waals surface area contributed by atoms with Crippen molar-refractivity contribution in [2.45, 2.75) is 76.0 Å². The average molecular weight is 411 g/mol. The minimum Gasteiger partial charge on any atom is -0.489 e. The van der Waals surface area contributed by atoms with Gasteiger partial charge in [-0.3, -0.25) is 9.59 Å². The first-order valence-electron chi connectivity index (χ1n) is 10.1. The Morgan fingerprint density at radius 2 is 1.75 bits per heavy atom. The van der Waals surface area contributed by atoms with Crippen LogP contribution in [0.25, 0.3) is 0 Å². The lowest BCUT2D eigenvalue weighted by atomic mass is 9.83. The molecule has 2 atom stereocenters. The number of hydrogen-bond donors (Lipinski definition) is 3. The Morgan fingerprint density at radius 1 is 1.07 bits per heavy atom. The van der Waals surface area contributed by atoms with Crippen molar-refractivity contribution in [2.75, 3.05) is 0 Å². The first kappa shape index (κ1) is 22.5. The zero-order chi connectivity index (χ0) is 19.2. The van der Waals surface area contributed by atoms with E-state index in [1.54, 1.807) is 12.1 Å². The highest BCUT2D eigenvalue weighted by molar-refractivity contribution is 5.94. The molecular formula is C21H31ClN2O4. The maximum absolute atomic E-state index is 12.5. The van der Waals surface area contributed by atoms with E-state index in [9.17, 15) is 9.59 Å². The zero-order valence-electron chi connectivity index (χ0n) is 16.1. The highest BCUT2D eigenvalue weighted by Crippen LogP contribution is 2.28. The summed E-state index contributed by atoms with van der Waals surface area (Å²) in [5, 5.41) is 11.9. The summed E-state index contributed by atoms with van der Waals surface area (Å²) in [5.41, 5.74) is 6.66. The largest absolute Gasteiger partial charge is 0.489 e. The van der Waals surface area contributed by atoms with Gasteiger partial charge in [0.2, 0.25) is 0 Å². The van der Waals surface area contributed by atoms with Crippen LogP contribution in [0.5, 0.6) is 5.75 Å². The second kappa shape index (κ2) is 10.7. The van der Waals surface area contributed by atoms with Crippen LogP contribution in [-0.4, -0.2) is 35.2 Å². The maximum atomic E-state index is 12.5. The quantitative estimate of drug-likeness (QED) is 0.638. The van der Waals surface area contributed by atoms with E-state index < -0.39 is 5.97 Å². The van der Waals surface area contributed by atoms with E-state index in [2.05, 4.69) is 5.32 Å². The number of carboxylic acid groups (broad SMARTS) is 1. The lowest BCUT2D eigenvalue weighted by Gasteiger charge is -2.28. The van der Waals surface area contributed by atoms with Gasteiger partial charge in [-0.15, -0.1) is 12.4 Å². The van der Waals surface area contributed by atoms with Crippen molar-refractivity contribution in [3.05, 3.63) is 29.8 Å². The fourth-order valence-corrected chi connectivity index (χ4v) is 4.15. The van der Waals surface area contributed by atoms with Gasteiger partial charge in [-0.05, 0) is 81.5 Å². The zero-order valence-corrected chi connectivity index (χ0v) is 17.0. The fraction of sp³-hybridized carbons (Fsp3) is 0.619. The van der Waals surface area contributed by atoms with E-state index in [0.29, 0.717) is 11.5 Å². The van der Waals surface area contributed by atoms with Crippen molar-refractivity contribution in [2.24, 2.45) is 11.7 Å². The van der Waals surface area contributed by atoms with E-state index in [1.807, 2.05) is 12.1 Å². The van der Waals surface area contributed by atoms with Crippen LogP contribution in [0.1, 0.15) is 68.1 Å². The third-order valence-electron chi connectivity index (χ3n) is 5.86. The highest BCUT2D eigenvalue weighted by atomic mass is 35.5. The molecule has 1 amide bonds. The van der Waals surface area contributed by atoms with Gasteiger partial charge in [-0.25, -0.2) is 0 Å². The number of hydrogen-bond acceptors (Lipinski definition) is 4. The number of benzene rings is 1. The number of aliphatic carboxylic acids is 1.